The van der Waals surface area contributed by atoms with Crippen molar-refractivity contribution in [1.29, 1.82) is 0 Å². The van der Waals surface area contributed by atoms with Crippen molar-refractivity contribution in [3.8, 4) is 12.0 Å². The third-order valence-electron chi connectivity index (χ3n) is 1.86. The van der Waals surface area contributed by atoms with Gasteiger partial charge in [0.1, 0.15) is 0 Å². The zero-order valence-corrected chi connectivity index (χ0v) is 20.2. The van der Waals surface area contributed by atoms with Crippen LogP contribution in [0.2, 0.25) is 0 Å². The van der Waals surface area contributed by atoms with E-state index in [0.717, 1.165) is 0 Å². The average Bonchev–Trinajstić information content (AvgIpc) is 2.37. The van der Waals surface area contributed by atoms with Gasteiger partial charge in [-0.2, -0.15) is 0 Å². The van der Waals surface area contributed by atoms with Gasteiger partial charge in [-0.05, 0) is 0 Å². The Kier molecular flexibility index (Phi) is 128. The molecule has 27 heteroatoms. The van der Waals surface area contributed by atoms with Gasteiger partial charge < -0.3 is 111 Å². The molecular formula is C10H38Co2N4O21+8. The molecule has 2 aromatic heterocycles. The molecule has 0 saturated carbocycles. The first-order valence-corrected chi connectivity index (χ1v) is 5.18. The molecule has 25 nitrogen and oxygen atoms in total. The molecule has 0 amide bonds. The van der Waals surface area contributed by atoms with Gasteiger partial charge in [-0.3, -0.25) is 9.59 Å². The minimum atomic E-state index is -1.65. The van der Waals surface area contributed by atoms with Crippen LogP contribution in [0.25, 0.3) is 0 Å². The summed E-state index contributed by atoms with van der Waals surface area (Å²) in [5.41, 5.74) is -2.91. The maximum Gasteiger partial charge on any atom is 2.00 e. The second kappa shape index (κ2) is 46.2. The molecule has 2 heterocycles. The van der Waals surface area contributed by atoms with Gasteiger partial charge in [0.25, 0.3) is 11.1 Å². The molecule has 0 unspecified atom stereocenters. The SMILES string of the molecule is O.O.O.O.O.O=C([O-])c1cc(=O)[nH]c([O-])n1.O=C([O-])c1cc(=O)[nH]c([O-])n1.[Co+2].[Co+2].[OH3+].[OH3+].[OH3+].[OH3+].[OH3+].[OH3+].[OH3+].[OH3+]. The Labute approximate surface area is 223 Å². The Bertz CT molecular complexity index is 779. The fraction of sp³-hybridized carbons (Fsp3) is 0. The number of nitrogens with one attached hydrogen (secondary N) is 2. The van der Waals surface area contributed by atoms with E-state index >= 15 is 0 Å². The zero-order valence-electron chi connectivity index (χ0n) is 18.1. The van der Waals surface area contributed by atoms with E-state index < -0.39 is 46.5 Å². The fourth-order valence-corrected chi connectivity index (χ4v) is 1.08. The second-order valence-corrected chi connectivity index (χ2v) is 3.45. The molecule has 2 rings (SSSR count). The van der Waals surface area contributed by atoms with E-state index in [1.807, 2.05) is 0 Å². The molecule has 0 aliphatic rings. The van der Waals surface area contributed by atoms with Gasteiger partial charge in [0, 0.05) is 12.1 Å². The van der Waals surface area contributed by atoms with Crippen LogP contribution in [0.1, 0.15) is 21.0 Å². The predicted octanol–water partition coefficient (Wildman–Crippen LogP) is -17.1. The largest absolute Gasteiger partial charge is 2.00 e. The summed E-state index contributed by atoms with van der Waals surface area (Å²) in [5.74, 6) is -3.29. The van der Waals surface area contributed by atoms with Crippen molar-refractivity contribution in [1.82, 2.24) is 19.9 Å². The quantitative estimate of drug-likeness (QED) is 0.284. The maximum atomic E-state index is 10.4. The minimum absolute atomic E-state index is 0. The first-order valence-electron chi connectivity index (χ1n) is 5.18. The molecule has 2 radical (unpaired) electrons. The molecule has 36 N–H and O–H groups in total. The van der Waals surface area contributed by atoms with Crippen LogP contribution in [0, 0.1) is 0 Å². The van der Waals surface area contributed by atoms with E-state index in [2.05, 4.69) is 9.97 Å². The molecule has 234 valence electrons. The molecule has 2 aromatic rings. The first kappa shape index (κ1) is 103. The monoisotopic (exact) mass is 668 g/mol. The molecule has 0 spiro atoms. The van der Waals surface area contributed by atoms with Gasteiger partial charge in [-0.1, -0.05) is 0 Å². The van der Waals surface area contributed by atoms with E-state index in [0.29, 0.717) is 12.1 Å². The van der Waals surface area contributed by atoms with Crippen LogP contribution < -0.4 is 31.5 Å². The standard InChI is InChI=1S/2C5H4N2O4.2Co.13H2O/c2*8-3-1-2(4(9)10)6-5(11)7-3;;;;;;;;;;;;;;;/h2*1H,(H,9,10)(H2,6,7,8,11);;;13*1H2/q;;2*+2;;;;;;;;;;;;;/p+4. The molecule has 0 aromatic carbocycles. The molecule has 0 atom stereocenters. The van der Waals surface area contributed by atoms with Crippen molar-refractivity contribution >= 4 is 11.9 Å². The summed E-state index contributed by atoms with van der Waals surface area (Å²) in [4.78, 5) is 50.4. The smallest absolute Gasteiger partial charge is 0.846 e. The van der Waals surface area contributed by atoms with Crippen LogP contribution >= 0.6 is 0 Å². The van der Waals surface area contributed by atoms with Gasteiger partial charge >= 0.3 is 33.6 Å². The Hall–Kier alpha value is -3.21. The van der Waals surface area contributed by atoms with Crippen LogP contribution in [0.3, 0.4) is 0 Å². The number of aromatic amines is 2. The van der Waals surface area contributed by atoms with Gasteiger partial charge in [-0.25, -0.2) is 9.97 Å². The Morgan fingerprint density at radius 2 is 0.757 bits per heavy atom. The molecule has 37 heavy (non-hydrogen) atoms. The number of carbonyl (C=O) groups excluding carboxylic acids is 2. The number of hydrogen-bond donors (Lipinski definition) is 2. The Balaban J connectivity index is -0.0000000143. The number of carboxylic acids is 2. The number of carboxylic acid groups (broad SMARTS) is 2. The fourth-order valence-electron chi connectivity index (χ4n) is 1.08. The van der Waals surface area contributed by atoms with Crippen molar-refractivity contribution in [3.63, 3.8) is 0 Å². The Morgan fingerprint density at radius 1 is 0.568 bits per heavy atom. The summed E-state index contributed by atoms with van der Waals surface area (Å²) in [6, 6.07) is -0.624. The van der Waals surface area contributed by atoms with E-state index in [1.54, 1.807) is 9.97 Å². The van der Waals surface area contributed by atoms with E-state index in [4.69, 9.17) is 0 Å². The van der Waals surface area contributed by atoms with E-state index in [1.165, 1.54) is 0 Å². The van der Waals surface area contributed by atoms with Crippen molar-refractivity contribution in [3.05, 3.63) is 44.2 Å². The third-order valence-corrected chi connectivity index (χ3v) is 1.86. The van der Waals surface area contributed by atoms with E-state index in [-0.39, 0.29) is 105 Å². The van der Waals surface area contributed by atoms with E-state index in [9.17, 15) is 39.6 Å². The average molecular weight is 668 g/mol. The summed E-state index contributed by atoms with van der Waals surface area (Å²) in [7, 11) is 0. The number of hydrogen-bond acceptors (Lipinski definition) is 10. The van der Waals surface area contributed by atoms with Gasteiger partial charge in [0.05, 0.1) is 35.3 Å². The van der Waals surface area contributed by atoms with Crippen LogP contribution in [0.5, 0.6) is 12.0 Å². The van der Waals surface area contributed by atoms with Crippen molar-refractivity contribution in [2.45, 2.75) is 0 Å². The topological polar surface area (TPSA) is 639 Å². The van der Waals surface area contributed by atoms with Gasteiger partial charge in [0.2, 0.25) is 0 Å². The second-order valence-electron chi connectivity index (χ2n) is 3.45. The normalized spacial score (nSPS) is 5.62. The van der Waals surface area contributed by atoms with Crippen LogP contribution in [0.4, 0.5) is 0 Å². The summed E-state index contributed by atoms with van der Waals surface area (Å²) in [6.07, 6.45) is 0. The number of H-pyrrole nitrogens is 2. The summed E-state index contributed by atoms with van der Waals surface area (Å²) < 4.78 is 0. The molecule has 0 fully saturated rings. The zero-order chi connectivity index (χ0) is 16.9. The van der Waals surface area contributed by atoms with Gasteiger partial charge in [0.15, 0.2) is 0 Å². The van der Waals surface area contributed by atoms with Crippen molar-refractivity contribution in [2.24, 2.45) is 0 Å². The Morgan fingerprint density at radius 3 is 0.892 bits per heavy atom. The predicted molar refractivity (Wildman–Crippen MR) is 114 cm³/mol. The number of carbonyl (C=O) groups is 2. The number of aromatic carboxylic acids is 2. The molecule has 0 bridgehead atoms. The van der Waals surface area contributed by atoms with Crippen LogP contribution in [0.15, 0.2) is 21.7 Å². The molecular weight excluding hydrogens is 630 g/mol. The number of nitrogens with zero attached hydrogens (tertiary/aromatic N) is 2. The molecule has 0 aliphatic carbocycles. The number of aromatic nitrogens is 4. The van der Waals surface area contributed by atoms with Gasteiger partial charge in [-0.15, -0.1) is 0 Å². The van der Waals surface area contributed by atoms with Crippen LogP contribution in [-0.4, -0.2) is 59.3 Å². The van der Waals surface area contributed by atoms with Crippen LogP contribution in [-0.2, 0) is 77.4 Å². The van der Waals surface area contributed by atoms with Crippen molar-refractivity contribution in [2.75, 3.05) is 0 Å². The van der Waals surface area contributed by atoms with Crippen molar-refractivity contribution < 1.29 is 135 Å². The summed E-state index contributed by atoms with van der Waals surface area (Å²) >= 11 is 0. The minimum Gasteiger partial charge on any atom is -0.846 e. The summed E-state index contributed by atoms with van der Waals surface area (Å²) in [6.45, 7) is 0. The summed E-state index contributed by atoms with van der Waals surface area (Å²) in [5, 5.41) is 40.8. The number of rotatable bonds is 2. The first-order chi connectivity index (χ1) is 10.2. The third kappa shape index (κ3) is 37.5. The maximum absolute atomic E-state index is 10.4. The molecule has 0 saturated heterocycles. The molecule has 0 aliphatic heterocycles.